The van der Waals surface area contributed by atoms with E-state index in [4.69, 9.17) is 5.10 Å². The Morgan fingerprint density at radius 3 is 2.60 bits per heavy atom. The standard InChI is InChI=1S/C26H18N6OS2/c1-16-23(35-26(27-16)17-7-3-2-4-8-17)25(33)28-19-10-5-9-18(15-19)20-12-13-22-29-30-24(32(22)31-20)21-11-6-14-34-21/h2-15H,1H3,(H,28,33). The summed E-state index contributed by atoms with van der Waals surface area (Å²) < 4.78 is 1.75. The Kier molecular flexibility index (Phi) is 5.40. The zero-order chi connectivity index (χ0) is 23.8. The van der Waals surface area contributed by atoms with Crippen molar-refractivity contribution < 1.29 is 4.79 Å². The van der Waals surface area contributed by atoms with Gasteiger partial charge in [-0.1, -0.05) is 48.5 Å². The number of aromatic nitrogens is 5. The fraction of sp³-hybridized carbons (Fsp3) is 0.0385. The van der Waals surface area contributed by atoms with Crippen LogP contribution in [0, 0.1) is 6.92 Å². The largest absolute Gasteiger partial charge is 0.321 e. The second-order valence-corrected chi connectivity index (χ2v) is 9.77. The van der Waals surface area contributed by atoms with Gasteiger partial charge < -0.3 is 5.32 Å². The second kappa shape index (κ2) is 8.86. The van der Waals surface area contributed by atoms with Crippen LogP contribution in [0.4, 0.5) is 5.69 Å². The number of anilines is 1. The molecule has 1 amide bonds. The van der Waals surface area contributed by atoms with E-state index in [1.807, 2.05) is 91.2 Å². The summed E-state index contributed by atoms with van der Waals surface area (Å²) in [5.74, 6) is 0.526. The first-order chi connectivity index (χ1) is 17.2. The van der Waals surface area contributed by atoms with Crippen LogP contribution in [0.2, 0.25) is 0 Å². The molecule has 7 nitrogen and oxygen atoms in total. The van der Waals surface area contributed by atoms with E-state index in [1.54, 1.807) is 15.9 Å². The maximum absolute atomic E-state index is 13.1. The maximum Gasteiger partial charge on any atom is 0.267 e. The van der Waals surface area contributed by atoms with E-state index in [0.29, 0.717) is 27.7 Å². The highest BCUT2D eigenvalue weighted by Gasteiger charge is 2.17. The Morgan fingerprint density at radius 2 is 1.77 bits per heavy atom. The van der Waals surface area contributed by atoms with Crippen molar-refractivity contribution in [3.8, 4) is 32.5 Å². The molecule has 9 heteroatoms. The number of thiophene rings is 1. The number of thiazole rings is 1. The average molecular weight is 495 g/mol. The number of amides is 1. The highest BCUT2D eigenvalue weighted by Crippen LogP contribution is 2.29. The van der Waals surface area contributed by atoms with Crippen molar-refractivity contribution >= 4 is 39.9 Å². The fourth-order valence-corrected chi connectivity index (χ4v) is 5.42. The van der Waals surface area contributed by atoms with Gasteiger partial charge in [0.15, 0.2) is 11.5 Å². The molecule has 0 fully saturated rings. The topological polar surface area (TPSA) is 85.1 Å². The van der Waals surface area contributed by atoms with Gasteiger partial charge in [0, 0.05) is 16.8 Å². The Labute approximate surface area is 208 Å². The lowest BCUT2D eigenvalue weighted by Crippen LogP contribution is -2.11. The number of benzene rings is 2. The highest BCUT2D eigenvalue weighted by atomic mass is 32.1. The number of carbonyl (C=O) groups excluding carboxylic acids is 1. The number of nitrogens with one attached hydrogen (secondary N) is 1. The van der Waals surface area contributed by atoms with Crippen LogP contribution in [-0.4, -0.2) is 30.7 Å². The average Bonchev–Trinajstić information content (AvgIpc) is 3.64. The van der Waals surface area contributed by atoms with Gasteiger partial charge in [0.25, 0.3) is 5.91 Å². The minimum absolute atomic E-state index is 0.179. The highest BCUT2D eigenvalue weighted by molar-refractivity contribution is 7.17. The Morgan fingerprint density at radius 1 is 0.914 bits per heavy atom. The predicted octanol–water partition coefficient (Wildman–Crippen LogP) is 6.20. The molecule has 170 valence electrons. The molecule has 0 radical (unpaired) electrons. The molecule has 4 aromatic heterocycles. The molecule has 0 aliphatic heterocycles. The number of carbonyl (C=O) groups is 1. The maximum atomic E-state index is 13.1. The van der Waals surface area contributed by atoms with E-state index in [9.17, 15) is 4.79 Å². The van der Waals surface area contributed by atoms with Crippen LogP contribution < -0.4 is 5.32 Å². The molecule has 2 aromatic carbocycles. The Bertz CT molecular complexity index is 1650. The van der Waals surface area contributed by atoms with Crippen LogP contribution in [0.3, 0.4) is 0 Å². The molecule has 0 unspecified atom stereocenters. The van der Waals surface area contributed by atoms with Crippen molar-refractivity contribution in [3.63, 3.8) is 0 Å². The molecule has 0 atom stereocenters. The third-order valence-electron chi connectivity index (χ3n) is 5.44. The lowest BCUT2D eigenvalue weighted by molar-refractivity contribution is 0.103. The molecular formula is C26H18N6OS2. The van der Waals surface area contributed by atoms with Crippen molar-refractivity contribution in [1.29, 1.82) is 0 Å². The first kappa shape index (κ1) is 21.3. The number of nitrogens with zero attached hydrogens (tertiary/aromatic N) is 5. The quantitative estimate of drug-likeness (QED) is 0.308. The molecule has 0 bridgehead atoms. The van der Waals surface area contributed by atoms with E-state index in [-0.39, 0.29) is 5.91 Å². The zero-order valence-electron chi connectivity index (χ0n) is 18.5. The molecule has 1 N–H and O–H groups in total. The molecule has 0 spiro atoms. The van der Waals surface area contributed by atoms with Gasteiger partial charge in [-0.2, -0.15) is 9.61 Å². The van der Waals surface area contributed by atoms with Crippen molar-refractivity contribution in [2.75, 3.05) is 5.32 Å². The lowest BCUT2D eigenvalue weighted by atomic mass is 10.1. The van der Waals surface area contributed by atoms with E-state index in [2.05, 4.69) is 20.5 Å². The van der Waals surface area contributed by atoms with Gasteiger partial charge in [-0.3, -0.25) is 4.79 Å². The van der Waals surface area contributed by atoms with Gasteiger partial charge in [0.05, 0.1) is 16.3 Å². The van der Waals surface area contributed by atoms with Crippen LogP contribution in [0.15, 0.2) is 84.2 Å². The van der Waals surface area contributed by atoms with E-state index < -0.39 is 0 Å². The fourth-order valence-electron chi connectivity index (χ4n) is 3.76. The van der Waals surface area contributed by atoms with Gasteiger partial charge in [-0.15, -0.1) is 32.9 Å². The molecule has 0 aliphatic rings. The van der Waals surface area contributed by atoms with Crippen molar-refractivity contribution in [3.05, 3.63) is 94.8 Å². The summed E-state index contributed by atoms with van der Waals surface area (Å²) in [6.07, 6.45) is 0. The second-order valence-electron chi connectivity index (χ2n) is 7.82. The first-order valence-corrected chi connectivity index (χ1v) is 12.6. The number of aryl methyl sites for hydroxylation is 1. The molecule has 0 aliphatic carbocycles. The van der Waals surface area contributed by atoms with Crippen LogP contribution in [-0.2, 0) is 0 Å². The van der Waals surface area contributed by atoms with Crippen molar-refractivity contribution in [2.45, 2.75) is 6.92 Å². The summed E-state index contributed by atoms with van der Waals surface area (Å²) in [6, 6.07) is 25.3. The number of rotatable bonds is 5. The smallest absolute Gasteiger partial charge is 0.267 e. The van der Waals surface area contributed by atoms with Crippen LogP contribution in [0.5, 0.6) is 0 Å². The summed E-state index contributed by atoms with van der Waals surface area (Å²) in [6.45, 7) is 1.86. The number of hydrogen-bond acceptors (Lipinski definition) is 7. The van der Waals surface area contributed by atoms with Crippen molar-refractivity contribution in [1.82, 2.24) is 24.8 Å². The predicted molar refractivity (Wildman–Crippen MR) is 140 cm³/mol. The van der Waals surface area contributed by atoms with Crippen LogP contribution >= 0.6 is 22.7 Å². The number of fused-ring (bicyclic) bond motifs is 1. The van der Waals surface area contributed by atoms with E-state index in [1.165, 1.54) is 11.3 Å². The van der Waals surface area contributed by atoms with Crippen LogP contribution in [0.1, 0.15) is 15.4 Å². The molecule has 0 saturated heterocycles. The molecule has 6 rings (SSSR count). The van der Waals surface area contributed by atoms with Gasteiger partial charge >= 0.3 is 0 Å². The summed E-state index contributed by atoms with van der Waals surface area (Å²) in [5, 5.41) is 19.1. The Balaban J connectivity index is 1.28. The van der Waals surface area contributed by atoms with Crippen molar-refractivity contribution in [2.24, 2.45) is 0 Å². The zero-order valence-corrected chi connectivity index (χ0v) is 20.2. The third-order valence-corrected chi connectivity index (χ3v) is 7.52. The summed E-state index contributed by atoms with van der Waals surface area (Å²) >= 11 is 2.98. The Hall–Kier alpha value is -4.21. The molecule has 4 heterocycles. The summed E-state index contributed by atoms with van der Waals surface area (Å²) in [7, 11) is 0. The van der Waals surface area contributed by atoms with Gasteiger partial charge in [0.1, 0.15) is 9.88 Å². The molecule has 0 saturated carbocycles. The van der Waals surface area contributed by atoms with E-state index >= 15 is 0 Å². The minimum atomic E-state index is -0.179. The van der Waals surface area contributed by atoms with Gasteiger partial charge in [-0.25, -0.2) is 4.98 Å². The number of hydrogen-bond donors (Lipinski definition) is 1. The van der Waals surface area contributed by atoms with Gasteiger partial charge in [-0.05, 0) is 42.6 Å². The normalized spacial score (nSPS) is 11.1. The SMILES string of the molecule is Cc1nc(-c2ccccc2)sc1C(=O)Nc1cccc(-c2ccc3nnc(-c4cccs4)n3n2)c1. The third kappa shape index (κ3) is 4.11. The summed E-state index contributed by atoms with van der Waals surface area (Å²) in [4.78, 5) is 19.3. The van der Waals surface area contributed by atoms with Gasteiger partial charge in [0.2, 0.25) is 0 Å². The molecule has 35 heavy (non-hydrogen) atoms. The summed E-state index contributed by atoms with van der Waals surface area (Å²) in [5.41, 5.74) is 4.71. The minimum Gasteiger partial charge on any atom is -0.321 e. The van der Waals surface area contributed by atoms with E-state index in [0.717, 1.165) is 26.7 Å². The monoisotopic (exact) mass is 494 g/mol. The molecule has 6 aromatic rings. The first-order valence-electron chi connectivity index (χ1n) is 10.9. The lowest BCUT2D eigenvalue weighted by Gasteiger charge is -2.07. The van der Waals surface area contributed by atoms with Crippen LogP contribution in [0.25, 0.3) is 38.2 Å². The molecular weight excluding hydrogens is 476 g/mol.